The summed E-state index contributed by atoms with van der Waals surface area (Å²) in [5, 5.41) is 17.5. The van der Waals surface area contributed by atoms with Crippen LogP contribution in [0.4, 0.5) is 11.6 Å². The molecule has 0 spiro atoms. The van der Waals surface area contributed by atoms with Crippen molar-refractivity contribution in [3.63, 3.8) is 0 Å². The molecule has 10 nitrogen and oxygen atoms in total. The van der Waals surface area contributed by atoms with Crippen molar-refractivity contribution in [1.29, 1.82) is 0 Å². The van der Waals surface area contributed by atoms with Crippen LogP contribution in [0.2, 0.25) is 10.0 Å². The van der Waals surface area contributed by atoms with Gasteiger partial charge >= 0.3 is 0 Å². The van der Waals surface area contributed by atoms with Gasteiger partial charge in [0.1, 0.15) is 0 Å². The van der Waals surface area contributed by atoms with Crippen LogP contribution < -0.4 is 21.5 Å². The van der Waals surface area contributed by atoms with Crippen molar-refractivity contribution in [2.45, 2.75) is 31.5 Å². The number of hydrogen-bond acceptors (Lipinski definition) is 8. The molecule has 1 saturated carbocycles. The predicted molar refractivity (Wildman–Crippen MR) is 145 cm³/mol. The number of benzene rings is 1. The number of halogens is 2. The zero-order valence-electron chi connectivity index (χ0n) is 20.1. The monoisotopic (exact) mass is 554 g/mol. The number of amides is 1. The number of nitrogen functional groups attached to an aromatic ring is 1. The van der Waals surface area contributed by atoms with E-state index >= 15 is 0 Å². The summed E-state index contributed by atoms with van der Waals surface area (Å²) in [4.78, 5) is 31.9. The van der Waals surface area contributed by atoms with Gasteiger partial charge in [-0.3, -0.25) is 9.59 Å². The van der Waals surface area contributed by atoms with E-state index in [1.807, 2.05) is 0 Å². The predicted octanol–water partition coefficient (Wildman–Crippen LogP) is 3.33. The molecule has 4 N–H and O–H groups in total. The summed E-state index contributed by atoms with van der Waals surface area (Å²) in [7, 11) is 0. The fourth-order valence-electron chi connectivity index (χ4n) is 5.68. The maximum atomic E-state index is 13.3. The average Bonchev–Trinajstić information content (AvgIpc) is 3.58. The van der Waals surface area contributed by atoms with Gasteiger partial charge in [-0.05, 0) is 48.1 Å². The molecule has 38 heavy (non-hydrogen) atoms. The van der Waals surface area contributed by atoms with Gasteiger partial charge < -0.3 is 30.1 Å². The molecule has 3 atom stereocenters. The van der Waals surface area contributed by atoms with Gasteiger partial charge in [-0.25, -0.2) is 4.98 Å². The number of fused-ring (bicyclic) bond motifs is 3. The summed E-state index contributed by atoms with van der Waals surface area (Å²) in [5.74, 6) is 0.814. The second-order valence-electron chi connectivity index (χ2n) is 9.63. The van der Waals surface area contributed by atoms with Crippen LogP contribution in [-0.4, -0.2) is 51.0 Å². The van der Waals surface area contributed by atoms with Crippen LogP contribution in [0.5, 0.6) is 0 Å². The Hall–Kier alpha value is -3.60. The highest BCUT2D eigenvalue weighted by atomic mass is 35.5. The van der Waals surface area contributed by atoms with Gasteiger partial charge in [-0.1, -0.05) is 34.4 Å². The SMILES string of the molecule is Nc1noc2c(N3CC4CCC3C4NC(=O)c3ccc(-c4ccc(=O)n(CCO)c4)cc3Cl)ncc(Cl)c12. The lowest BCUT2D eigenvalue weighted by Crippen LogP contribution is -2.44. The zero-order valence-corrected chi connectivity index (χ0v) is 21.6. The molecule has 196 valence electrons. The lowest BCUT2D eigenvalue weighted by Gasteiger charge is -2.28. The van der Waals surface area contributed by atoms with Gasteiger partial charge in [-0.2, -0.15) is 0 Å². The molecule has 4 aromatic rings. The number of nitrogens with zero attached hydrogens (tertiary/aromatic N) is 4. The molecule has 0 radical (unpaired) electrons. The molecule has 2 fully saturated rings. The molecule has 2 aliphatic rings. The highest BCUT2D eigenvalue weighted by molar-refractivity contribution is 6.36. The van der Waals surface area contributed by atoms with E-state index in [-0.39, 0.29) is 48.4 Å². The third-order valence-corrected chi connectivity index (χ3v) is 8.09. The molecule has 2 bridgehead atoms. The second kappa shape index (κ2) is 9.61. The average molecular weight is 555 g/mol. The van der Waals surface area contributed by atoms with Crippen LogP contribution in [0.15, 0.2) is 52.0 Å². The largest absolute Gasteiger partial charge is 0.395 e. The van der Waals surface area contributed by atoms with E-state index in [1.165, 1.54) is 10.6 Å². The Kier molecular flexibility index (Phi) is 6.25. The minimum atomic E-state index is -0.256. The van der Waals surface area contributed by atoms with Crippen molar-refractivity contribution in [1.82, 2.24) is 20.0 Å². The number of carbonyl (C=O) groups excluding carboxylic acids is 1. The Balaban J connectivity index is 1.22. The molecule has 1 aliphatic heterocycles. The third kappa shape index (κ3) is 4.09. The van der Waals surface area contributed by atoms with Crippen molar-refractivity contribution in [2.75, 3.05) is 23.8 Å². The minimum Gasteiger partial charge on any atom is -0.395 e. The van der Waals surface area contributed by atoms with Crippen LogP contribution in [0, 0.1) is 5.92 Å². The molecule has 1 aliphatic carbocycles. The standard InChI is InChI=1S/C26H24Cl2N6O4/c27-17-9-13(14-3-6-20(36)33(11-14)7-8-35)1-4-16(17)26(37)31-22-15-2-5-19(22)34(12-15)25-23-21(18(28)10-30-25)24(29)32-38-23/h1,3-4,6,9-11,15,19,22,35H,2,5,7-8,12H2,(H2,29,32)(H,31,37). The van der Waals surface area contributed by atoms with Crippen molar-refractivity contribution in [3.8, 4) is 11.1 Å². The van der Waals surface area contributed by atoms with Crippen molar-refractivity contribution in [2.24, 2.45) is 5.92 Å². The van der Waals surface area contributed by atoms with E-state index in [4.69, 9.17) is 33.5 Å². The van der Waals surface area contributed by atoms with E-state index in [0.717, 1.165) is 24.0 Å². The highest BCUT2D eigenvalue weighted by Gasteiger charge is 2.49. The van der Waals surface area contributed by atoms with Gasteiger partial charge in [0.25, 0.3) is 11.5 Å². The number of anilines is 2. The van der Waals surface area contributed by atoms with E-state index in [2.05, 4.69) is 20.4 Å². The van der Waals surface area contributed by atoms with Crippen LogP contribution in [0.1, 0.15) is 23.2 Å². The number of carbonyl (C=O) groups is 1. The Labute approximate surface area is 226 Å². The number of hydrogen-bond donors (Lipinski definition) is 3. The first-order valence-corrected chi connectivity index (χ1v) is 13.0. The fourth-order valence-corrected chi connectivity index (χ4v) is 6.18. The summed E-state index contributed by atoms with van der Waals surface area (Å²) in [6, 6.07) is 8.25. The van der Waals surface area contributed by atoms with Gasteiger partial charge in [-0.15, -0.1) is 0 Å². The van der Waals surface area contributed by atoms with Crippen molar-refractivity contribution < 1.29 is 14.4 Å². The van der Waals surface area contributed by atoms with Crippen LogP contribution in [-0.2, 0) is 6.54 Å². The topological polar surface area (TPSA) is 140 Å². The number of nitrogens with two attached hydrogens (primary N) is 1. The zero-order chi connectivity index (χ0) is 26.6. The third-order valence-electron chi connectivity index (χ3n) is 7.49. The first kappa shape index (κ1) is 24.7. The number of nitrogens with one attached hydrogen (secondary N) is 1. The van der Waals surface area contributed by atoms with Crippen LogP contribution >= 0.6 is 23.2 Å². The first-order chi connectivity index (χ1) is 18.4. The van der Waals surface area contributed by atoms with Crippen molar-refractivity contribution >= 4 is 51.7 Å². The number of piperidine rings is 1. The quantitative estimate of drug-likeness (QED) is 0.329. The van der Waals surface area contributed by atoms with Gasteiger partial charge in [0, 0.05) is 31.5 Å². The molecule has 6 rings (SSSR count). The number of aromatic nitrogens is 3. The molecule has 1 amide bonds. The fraction of sp³-hybridized carbons (Fsp3) is 0.308. The van der Waals surface area contributed by atoms with E-state index in [0.29, 0.717) is 38.9 Å². The Morgan fingerprint density at radius 1 is 1.18 bits per heavy atom. The Morgan fingerprint density at radius 3 is 2.79 bits per heavy atom. The molecule has 1 aromatic carbocycles. The Bertz CT molecular complexity index is 1620. The summed E-state index contributed by atoms with van der Waals surface area (Å²) in [5.41, 5.74) is 8.06. The number of pyridine rings is 2. The van der Waals surface area contributed by atoms with Crippen molar-refractivity contribution in [3.05, 3.63) is 68.7 Å². The molecule has 3 unspecified atom stereocenters. The first-order valence-electron chi connectivity index (χ1n) is 12.2. The second-order valence-corrected chi connectivity index (χ2v) is 10.4. The maximum absolute atomic E-state index is 13.3. The normalized spacial score (nSPS) is 20.4. The molecular weight excluding hydrogens is 531 g/mol. The minimum absolute atomic E-state index is 0.0257. The molecule has 3 aromatic heterocycles. The number of aliphatic hydroxyl groups excluding tert-OH is 1. The summed E-state index contributed by atoms with van der Waals surface area (Å²) in [6.07, 6.45) is 5.08. The summed E-state index contributed by atoms with van der Waals surface area (Å²) >= 11 is 12.8. The molecular formula is C26H24Cl2N6O4. The van der Waals surface area contributed by atoms with Crippen LogP contribution in [0.3, 0.4) is 0 Å². The van der Waals surface area contributed by atoms with Gasteiger partial charge in [0.2, 0.25) is 5.58 Å². The number of rotatable bonds is 6. The molecule has 1 saturated heterocycles. The Morgan fingerprint density at radius 2 is 2.00 bits per heavy atom. The molecule has 4 heterocycles. The molecule has 12 heteroatoms. The summed E-state index contributed by atoms with van der Waals surface area (Å²) in [6.45, 7) is 0.758. The van der Waals surface area contributed by atoms with Gasteiger partial charge in [0.05, 0.1) is 39.7 Å². The number of aliphatic hydroxyl groups is 1. The van der Waals surface area contributed by atoms with Gasteiger partial charge in [0.15, 0.2) is 11.6 Å². The summed E-state index contributed by atoms with van der Waals surface area (Å²) < 4.78 is 6.89. The highest BCUT2D eigenvalue weighted by Crippen LogP contribution is 2.43. The van der Waals surface area contributed by atoms with E-state index < -0.39 is 0 Å². The lowest BCUT2D eigenvalue weighted by molar-refractivity contribution is 0.0932. The smallest absolute Gasteiger partial charge is 0.253 e. The van der Waals surface area contributed by atoms with E-state index in [1.54, 1.807) is 36.7 Å². The lowest BCUT2D eigenvalue weighted by atomic mass is 10.0. The van der Waals surface area contributed by atoms with E-state index in [9.17, 15) is 14.7 Å². The van der Waals surface area contributed by atoms with Crippen LogP contribution in [0.25, 0.3) is 22.1 Å². The maximum Gasteiger partial charge on any atom is 0.253 e.